The van der Waals surface area contributed by atoms with E-state index in [-0.39, 0.29) is 12.0 Å². The van der Waals surface area contributed by atoms with Gasteiger partial charge in [-0.15, -0.1) is 0 Å². The van der Waals surface area contributed by atoms with Gasteiger partial charge in [0.15, 0.2) is 0 Å². The molecule has 2 rings (SSSR count). The highest BCUT2D eigenvalue weighted by atomic mass is 79.9. The summed E-state index contributed by atoms with van der Waals surface area (Å²) >= 11 is 6.84. The monoisotopic (exact) mass is 375 g/mol. The molecule has 1 aliphatic rings. The predicted octanol–water partition coefficient (Wildman–Crippen LogP) is 2.99. The van der Waals surface area contributed by atoms with Gasteiger partial charge in [-0.25, -0.2) is 0 Å². The van der Waals surface area contributed by atoms with Gasteiger partial charge in [0.05, 0.1) is 18.3 Å². The smallest absolute Gasteiger partial charge is 0.255 e. The van der Waals surface area contributed by atoms with Gasteiger partial charge in [0, 0.05) is 22.9 Å². The molecule has 0 aromatic heterocycles. The minimum atomic E-state index is 0.0693. The van der Waals surface area contributed by atoms with Crippen LogP contribution in [-0.2, 0) is 4.74 Å². The van der Waals surface area contributed by atoms with Crippen molar-refractivity contribution in [3.63, 3.8) is 0 Å². The molecule has 0 bridgehead atoms. The number of halogens is 2. The second kappa shape index (κ2) is 6.17. The van der Waals surface area contributed by atoms with Gasteiger partial charge in [0.25, 0.3) is 5.91 Å². The van der Waals surface area contributed by atoms with Gasteiger partial charge in [0.1, 0.15) is 0 Å². The SMILES string of the molecule is Cc1ccc(Br)c(C(=O)N2CCOC(CBr)C2)c1. The summed E-state index contributed by atoms with van der Waals surface area (Å²) in [5.74, 6) is 0.0693. The highest BCUT2D eigenvalue weighted by molar-refractivity contribution is 9.10. The molecule has 0 radical (unpaired) electrons. The van der Waals surface area contributed by atoms with Crippen molar-refractivity contribution in [1.29, 1.82) is 0 Å². The Balaban J connectivity index is 2.17. The fourth-order valence-electron chi connectivity index (χ4n) is 1.97. The van der Waals surface area contributed by atoms with Crippen LogP contribution in [0.3, 0.4) is 0 Å². The van der Waals surface area contributed by atoms with Gasteiger partial charge in [-0.1, -0.05) is 27.6 Å². The van der Waals surface area contributed by atoms with Crippen LogP contribution in [0.1, 0.15) is 15.9 Å². The van der Waals surface area contributed by atoms with Gasteiger partial charge in [0.2, 0.25) is 0 Å². The summed E-state index contributed by atoms with van der Waals surface area (Å²) in [6, 6.07) is 5.83. The molecule has 1 aromatic rings. The summed E-state index contributed by atoms with van der Waals surface area (Å²) in [4.78, 5) is 14.3. The van der Waals surface area contributed by atoms with E-state index in [1.54, 1.807) is 0 Å². The molecule has 1 unspecified atom stereocenters. The molecular weight excluding hydrogens is 362 g/mol. The van der Waals surface area contributed by atoms with E-state index in [4.69, 9.17) is 4.74 Å². The van der Waals surface area contributed by atoms with Gasteiger partial charge < -0.3 is 9.64 Å². The standard InChI is InChI=1S/C13H15Br2NO2/c1-9-2-3-12(15)11(6-9)13(17)16-4-5-18-10(7-14)8-16/h2-3,6,10H,4-5,7-8H2,1H3. The van der Waals surface area contributed by atoms with Crippen LogP contribution in [0, 0.1) is 6.92 Å². The molecule has 1 aliphatic heterocycles. The summed E-state index contributed by atoms with van der Waals surface area (Å²) in [6.07, 6.45) is 0.0892. The van der Waals surface area contributed by atoms with E-state index in [1.165, 1.54) is 0 Å². The first kappa shape index (κ1) is 14.0. The maximum Gasteiger partial charge on any atom is 0.255 e. The van der Waals surface area contributed by atoms with Crippen molar-refractivity contribution in [2.45, 2.75) is 13.0 Å². The average Bonchev–Trinajstić information content (AvgIpc) is 2.41. The number of amides is 1. The zero-order chi connectivity index (χ0) is 13.1. The second-order valence-corrected chi connectivity index (χ2v) is 5.88. The Morgan fingerprint density at radius 3 is 3.06 bits per heavy atom. The third kappa shape index (κ3) is 3.13. The van der Waals surface area contributed by atoms with E-state index in [0.29, 0.717) is 19.7 Å². The molecule has 1 aromatic carbocycles. The molecule has 1 saturated heterocycles. The number of ether oxygens (including phenoxy) is 1. The molecule has 0 aliphatic carbocycles. The zero-order valence-electron chi connectivity index (χ0n) is 10.2. The van der Waals surface area contributed by atoms with Gasteiger partial charge >= 0.3 is 0 Å². The van der Waals surface area contributed by atoms with Crippen molar-refractivity contribution < 1.29 is 9.53 Å². The molecule has 1 fully saturated rings. The van der Waals surface area contributed by atoms with E-state index < -0.39 is 0 Å². The maximum absolute atomic E-state index is 12.5. The molecule has 1 amide bonds. The van der Waals surface area contributed by atoms with Crippen LogP contribution in [-0.4, -0.2) is 41.9 Å². The highest BCUT2D eigenvalue weighted by Crippen LogP contribution is 2.21. The van der Waals surface area contributed by atoms with E-state index in [0.717, 1.165) is 20.9 Å². The molecule has 0 saturated carbocycles. The van der Waals surface area contributed by atoms with Crippen molar-refractivity contribution in [2.24, 2.45) is 0 Å². The number of rotatable bonds is 2. The van der Waals surface area contributed by atoms with Crippen molar-refractivity contribution in [2.75, 3.05) is 25.0 Å². The number of benzene rings is 1. The fraction of sp³-hybridized carbons (Fsp3) is 0.462. The van der Waals surface area contributed by atoms with Crippen molar-refractivity contribution in [3.05, 3.63) is 33.8 Å². The lowest BCUT2D eigenvalue weighted by atomic mass is 10.1. The van der Waals surface area contributed by atoms with Crippen LogP contribution in [0.5, 0.6) is 0 Å². The van der Waals surface area contributed by atoms with Crippen LogP contribution in [0.25, 0.3) is 0 Å². The summed E-state index contributed by atoms with van der Waals surface area (Å²) < 4.78 is 6.39. The first-order chi connectivity index (χ1) is 8.61. The number of morpholine rings is 1. The molecule has 1 atom stereocenters. The normalized spacial score (nSPS) is 19.9. The number of aryl methyl sites for hydroxylation is 1. The van der Waals surface area contributed by atoms with Crippen molar-refractivity contribution in [3.8, 4) is 0 Å². The average molecular weight is 377 g/mol. The molecule has 0 spiro atoms. The topological polar surface area (TPSA) is 29.5 Å². The Labute approximate surface area is 124 Å². The number of hydrogen-bond donors (Lipinski definition) is 0. The number of carbonyl (C=O) groups is 1. The number of hydrogen-bond acceptors (Lipinski definition) is 2. The summed E-state index contributed by atoms with van der Waals surface area (Å²) in [6.45, 7) is 3.89. The van der Waals surface area contributed by atoms with Gasteiger partial charge in [-0.2, -0.15) is 0 Å². The Morgan fingerprint density at radius 2 is 2.33 bits per heavy atom. The van der Waals surface area contributed by atoms with E-state index in [9.17, 15) is 4.79 Å². The quantitative estimate of drug-likeness (QED) is 0.742. The first-order valence-corrected chi connectivity index (χ1v) is 7.76. The molecule has 3 nitrogen and oxygen atoms in total. The van der Waals surface area contributed by atoms with Crippen molar-refractivity contribution >= 4 is 37.8 Å². The molecule has 98 valence electrons. The predicted molar refractivity (Wildman–Crippen MR) is 78.3 cm³/mol. The number of carbonyl (C=O) groups excluding carboxylic acids is 1. The first-order valence-electron chi connectivity index (χ1n) is 5.85. The number of alkyl halides is 1. The summed E-state index contributed by atoms with van der Waals surface area (Å²) in [5.41, 5.74) is 1.82. The minimum Gasteiger partial charge on any atom is -0.374 e. The molecule has 5 heteroatoms. The van der Waals surface area contributed by atoms with Gasteiger partial charge in [-0.3, -0.25) is 4.79 Å². The Hall–Kier alpha value is -0.390. The third-order valence-electron chi connectivity index (χ3n) is 2.95. The van der Waals surface area contributed by atoms with Gasteiger partial charge in [-0.05, 0) is 35.0 Å². The van der Waals surface area contributed by atoms with Crippen LogP contribution in [0.2, 0.25) is 0 Å². The molecular formula is C13H15Br2NO2. The van der Waals surface area contributed by atoms with Crippen LogP contribution in [0.4, 0.5) is 0 Å². The van der Waals surface area contributed by atoms with Crippen LogP contribution < -0.4 is 0 Å². The highest BCUT2D eigenvalue weighted by Gasteiger charge is 2.25. The Morgan fingerprint density at radius 1 is 1.56 bits per heavy atom. The summed E-state index contributed by atoms with van der Waals surface area (Å²) in [5, 5.41) is 0.756. The lowest BCUT2D eigenvalue weighted by molar-refractivity contribution is -0.00968. The van der Waals surface area contributed by atoms with Crippen LogP contribution >= 0.6 is 31.9 Å². The third-order valence-corrected chi connectivity index (χ3v) is 4.36. The zero-order valence-corrected chi connectivity index (χ0v) is 13.3. The van der Waals surface area contributed by atoms with Crippen molar-refractivity contribution in [1.82, 2.24) is 4.90 Å². The van der Waals surface area contributed by atoms with E-state index in [1.807, 2.05) is 30.0 Å². The molecule has 18 heavy (non-hydrogen) atoms. The minimum absolute atomic E-state index is 0.0693. The Bertz CT molecular complexity index is 451. The molecule has 1 heterocycles. The lowest BCUT2D eigenvalue weighted by Gasteiger charge is -2.32. The number of nitrogens with zero attached hydrogens (tertiary/aromatic N) is 1. The maximum atomic E-state index is 12.5. The molecule has 0 N–H and O–H groups in total. The van der Waals surface area contributed by atoms with E-state index >= 15 is 0 Å². The lowest BCUT2D eigenvalue weighted by Crippen LogP contribution is -2.46. The Kier molecular flexibility index (Phi) is 4.81. The second-order valence-electron chi connectivity index (χ2n) is 4.38. The summed E-state index contributed by atoms with van der Waals surface area (Å²) in [7, 11) is 0. The fourth-order valence-corrected chi connectivity index (χ4v) is 2.78. The largest absolute Gasteiger partial charge is 0.374 e. The van der Waals surface area contributed by atoms with Crippen LogP contribution in [0.15, 0.2) is 22.7 Å². The van der Waals surface area contributed by atoms with E-state index in [2.05, 4.69) is 31.9 Å².